The summed E-state index contributed by atoms with van der Waals surface area (Å²) < 4.78 is 5.31. The highest BCUT2D eigenvalue weighted by molar-refractivity contribution is 6.00. The zero-order chi connectivity index (χ0) is 20.1. The summed E-state index contributed by atoms with van der Waals surface area (Å²) in [4.78, 5) is 29.8. The van der Waals surface area contributed by atoms with Gasteiger partial charge in [-0.3, -0.25) is 9.59 Å². The van der Waals surface area contributed by atoms with Crippen LogP contribution in [0.25, 0.3) is 0 Å². The van der Waals surface area contributed by atoms with Crippen LogP contribution in [0.3, 0.4) is 0 Å². The second kappa shape index (κ2) is 9.02. The van der Waals surface area contributed by atoms with E-state index in [0.717, 1.165) is 24.2 Å². The molecule has 1 amide bonds. The van der Waals surface area contributed by atoms with Crippen LogP contribution in [0.1, 0.15) is 40.4 Å². The predicted octanol–water partition coefficient (Wildman–Crippen LogP) is 3.48. The summed E-state index contributed by atoms with van der Waals surface area (Å²) in [6, 6.07) is 15.7. The molecule has 0 spiro atoms. The third-order valence-corrected chi connectivity index (χ3v) is 5.31. The normalized spacial score (nSPS) is 17.4. The van der Waals surface area contributed by atoms with Gasteiger partial charge in [0, 0.05) is 32.5 Å². The van der Waals surface area contributed by atoms with Gasteiger partial charge in [-0.15, -0.1) is 0 Å². The van der Waals surface area contributed by atoms with Crippen LogP contribution in [0.15, 0.2) is 48.5 Å². The zero-order valence-corrected chi connectivity index (χ0v) is 16.9. The first kappa shape index (κ1) is 20.1. The van der Waals surface area contributed by atoms with Crippen molar-refractivity contribution in [2.75, 3.05) is 33.8 Å². The topological polar surface area (TPSA) is 49.9 Å². The van der Waals surface area contributed by atoms with Crippen molar-refractivity contribution in [3.63, 3.8) is 0 Å². The number of ether oxygens (including phenoxy) is 1. The molecule has 1 aliphatic heterocycles. The van der Waals surface area contributed by atoms with Crippen LogP contribution < -0.4 is 4.74 Å². The number of ketones is 1. The van der Waals surface area contributed by atoms with Crippen LogP contribution in [0.4, 0.5) is 0 Å². The third-order valence-electron chi connectivity index (χ3n) is 5.31. The molecule has 1 unspecified atom stereocenters. The van der Waals surface area contributed by atoms with Crippen molar-refractivity contribution in [2.24, 2.45) is 0 Å². The van der Waals surface area contributed by atoms with Gasteiger partial charge in [0.1, 0.15) is 5.75 Å². The molecule has 0 radical (unpaired) electrons. The van der Waals surface area contributed by atoms with Crippen molar-refractivity contribution < 1.29 is 14.3 Å². The van der Waals surface area contributed by atoms with Crippen LogP contribution in [-0.2, 0) is 4.79 Å². The van der Waals surface area contributed by atoms with E-state index < -0.39 is 0 Å². The lowest BCUT2D eigenvalue weighted by atomic mass is 10.00. The summed E-state index contributed by atoms with van der Waals surface area (Å²) in [5.74, 6) is 0.533. The highest BCUT2D eigenvalue weighted by atomic mass is 16.5. The Bertz CT molecular complexity index is 835. The fourth-order valence-corrected chi connectivity index (χ4v) is 3.72. The zero-order valence-electron chi connectivity index (χ0n) is 16.9. The lowest BCUT2D eigenvalue weighted by molar-refractivity contribution is -0.136. The largest absolute Gasteiger partial charge is 0.496 e. The van der Waals surface area contributed by atoms with Crippen molar-refractivity contribution in [3.05, 3.63) is 65.2 Å². The maximum Gasteiger partial charge on any atom is 0.223 e. The van der Waals surface area contributed by atoms with Gasteiger partial charge in [0.05, 0.1) is 18.7 Å². The molecule has 0 N–H and O–H groups in total. The van der Waals surface area contributed by atoms with Crippen LogP contribution in [-0.4, -0.2) is 55.3 Å². The average Bonchev–Trinajstić information content (AvgIpc) is 2.72. The number of aryl methyl sites for hydroxylation is 1. The van der Waals surface area contributed by atoms with E-state index in [-0.39, 0.29) is 30.6 Å². The third kappa shape index (κ3) is 4.60. The predicted molar refractivity (Wildman–Crippen MR) is 110 cm³/mol. The number of carbonyl (C=O) groups excluding carboxylic acids is 2. The Labute approximate surface area is 166 Å². The Kier molecular flexibility index (Phi) is 6.47. The van der Waals surface area contributed by atoms with Gasteiger partial charge in [0.15, 0.2) is 5.78 Å². The SMILES string of the molecule is COc1ccc(C)cc1C(=O)CCC(=O)N1CCN(C)CC1c1ccccc1. The fraction of sp³-hybridized carbons (Fsp3) is 0.391. The molecule has 5 nitrogen and oxygen atoms in total. The van der Waals surface area contributed by atoms with Gasteiger partial charge in [-0.1, -0.05) is 42.0 Å². The number of amides is 1. The molecule has 3 rings (SSSR count). The number of hydrogen-bond donors (Lipinski definition) is 0. The standard InChI is InChI=1S/C23H28N2O3/c1-17-9-11-22(28-3)19(15-17)21(26)10-12-23(27)25-14-13-24(2)16-20(25)18-7-5-4-6-8-18/h4-9,11,15,20H,10,12-14,16H2,1-3H3. The van der Waals surface area contributed by atoms with E-state index >= 15 is 0 Å². The Hall–Kier alpha value is -2.66. The summed E-state index contributed by atoms with van der Waals surface area (Å²) in [7, 11) is 3.63. The monoisotopic (exact) mass is 380 g/mol. The lowest BCUT2D eigenvalue weighted by Gasteiger charge is -2.40. The molecule has 1 saturated heterocycles. The number of hydrogen-bond acceptors (Lipinski definition) is 4. The Balaban J connectivity index is 1.69. The van der Waals surface area contributed by atoms with E-state index in [4.69, 9.17) is 4.74 Å². The minimum Gasteiger partial charge on any atom is -0.496 e. The number of benzene rings is 2. The minimum absolute atomic E-state index is 0.0241. The number of carbonyl (C=O) groups is 2. The van der Waals surface area contributed by atoms with Gasteiger partial charge in [-0.25, -0.2) is 0 Å². The number of likely N-dealkylation sites (N-methyl/N-ethyl adjacent to an activating group) is 1. The molecular formula is C23H28N2O3. The molecule has 0 bridgehead atoms. The fourth-order valence-electron chi connectivity index (χ4n) is 3.72. The van der Waals surface area contributed by atoms with Gasteiger partial charge in [0.2, 0.25) is 5.91 Å². The second-order valence-corrected chi connectivity index (χ2v) is 7.40. The maximum atomic E-state index is 13.0. The summed E-state index contributed by atoms with van der Waals surface area (Å²) >= 11 is 0. The highest BCUT2D eigenvalue weighted by Gasteiger charge is 2.30. The van der Waals surface area contributed by atoms with Crippen molar-refractivity contribution >= 4 is 11.7 Å². The van der Waals surface area contributed by atoms with E-state index in [9.17, 15) is 9.59 Å². The minimum atomic E-state index is -0.0562. The highest BCUT2D eigenvalue weighted by Crippen LogP contribution is 2.27. The van der Waals surface area contributed by atoms with Gasteiger partial charge >= 0.3 is 0 Å². The van der Waals surface area contributed by atoms with Crippen LogP contribution in [0.5, 0.6) is 5.75 Å². The molecule has 1 aliphatic rings. The molecule has 1 atom stereocenters. The van der Waals surface area contributed by atoms with Crippen molar-refractivity contribution in [2.45, 2.75) is 25.8 Å². The van der Waals surface area contributed by atoms with Gasteiger partial charge in [-0.05, 0) is 31.7 Å². The lowest BCUT2D eigenvalue weighted by Crippen LogP contribution is -2.49. The number of piperazine rings is 1. The molecule has 1 fully saturated rings. The van der Waals surface area contributed by atoms with Gasteiger partial charge < -0.3 is 14.5 Å². The quantitative estimate of drug-likeness (QED) is 0.720. The molecule has 0 saturated carbocycles. The summed E-state index contributed by atoms with van der Waals surface area (Å²) in [6.45, 7) is 4.26. The molecule has 0 aliphatic carbocycles. The van der Waals surface area contributed by atoms with Crippen molar-refractivity contribution in [1.29, 1.82) is 0 Å². The van der Waals surface area contributed by atoms with Crippen molar-refractivity contribution in [3.8, 4) is 5.75 Å². The average molecular weight is 380 g/mol. The first-order chi connectivity index (χ1) is 13.5. The van der Waals surface area contributed by atoms with E-state index in [0.29, 0.717) is 17.9 Å². The summed E-state index contributed by atoms with van der Waals surface area (Å²) in [5.41, 5.74) is 2.68. The van der Waals surface area contributed by atoms with Crippen LogP contribution in [0, 0.1) is 6.92 Å². The van der Waals surface area contributed by atoms with Gasteiger partial charge in [-0.2, -0.15) is 0 Å². The molecular weight excluding hydrogens is 352 g/mol. The Morgan fingerprint density at radius 3 is 2.54 bits per heavy atom. The summed E-state index contributed by atoms with van der Waals surface area (Å²) in [5, 5.41) is 0. The smallest absolute Gasteiger partial charge is 0.223 e. The van der Waals surface area contributed by atoms with E-state index in [1.165, 1.54) is 0 Å². The molecule has 0 aromatic heterocycles. The molecule has 2 aromatic rings. The molecule has 28 heavy (non-hydrogen) atoms. The molecule has 148 valence electrons. The maximum absolute atomic E-state index is 13.0. The molecule has 2 aromatic carbocycles. The Morgan fingerprint density at radius 2 is 1.82 bits per heavy atom. The number of methoxy groups -OCH3 is 1. The molecule has 5 heteroatoms. The van der Waals surface area contributed by atoms with Crippen LogP contribution >= 0.6 is 0 Å². The number of Topliss-reactive ketones (excluding diaryl/α,β-unsaturated/α-hetero) is 1. The van der Waals surface area contributed by atoms with E-state index in [1.54, 1.807) is 13.2 Å². The van der Waals surface area contributed by atoms with E-state index in [2.05, 4.69) is 24.1 Å². The first-order valence-corrected chi connectivity index (χ1v) is 9.70. The molecule has 1 heterocycles. The second-order valence-electron chi connectivity index (χ2n) is 7.40. The van der Waals surface area contributed by atoms with Gasteiger partial charge in [0.25, 0.3) is 0 Å². The number of nitrogens with zero attached hydrogens (tertiary/aromatic N) is 2. The summed E-state index contributed by atoms with van der Waals surface area (Å²) in [6.07, 6.45) is 0.398. The van der Waals surface area contributed by atoms with E-state index in [1.807, 2.05) is 42.2 Å². The van der Waals surface area contributed by atoms with Crippen LogP contribution in [0.2, 0.25) is 0 Å². The van der Waals surface area contributed by atoms with Crippen molar-refractivity contribution in [1.82, 2.24) is 9.80 Å². The first-order valence-electron chi connectivity index (χ1n) is 9.70. The Morgan fingerprint density at radius 1 is 1.07 bits per heavy atom. The number of rotatable bonds is 6.